The molecular weight excluding hydrogens is 356 g/mol. The van der Waals surface area contributed by atoms with E-state index in [1.807, 2.05) is 67.6 Å². The molecule has 3 nitrogen and oxygen atoms in total. The Labute approximate surface area is 175 Å². The van der Waals surface area contributed by atoms with Crippen LogP contribution in [0, 0.1) is 11.3 Å². The Morgan fingerprint density at radius 3 is 2.10 bits per heavy atom. The highest BCUT2D eigenvalue weighted by Crippen LogP contribution is 2.23. The van der Waals surface area contributed by atoms with E-state index in [9.17, 15) is 0 Å². The number of nitriles is 1. The number of nitrogens with one attached hydrogen (secondary N) is 1. The Hall–Kier alpha value is -3.09. The summed E-state index contributed by atoms with van der Waals surface area (Å²) in [5, 5.41) is 12.4. The van der Waals surface area contributed by atoms with Crippen molar-refractivity contribution in [3.05, 3.63) is 102 Å². The molecule has 150 valence electrons. The third kappa shape index (κ3) is 8.21. The monoisotopic (exact) mass is 386 g/mol. The minimum absolute atomic E-state index is 0.0553. The van der Waals surface area contributed by atoms with Crippen molar-refractivity contribution in [2.45, 2.75) is 39.3 Å². The van der Waals surface area contributed by atoms with Crippen molar-refractivity contribution in [1.82, 2.24) is 5.32 Å². The van der Waals surface area contributed by atoms with Gasteiger partial charge < -0.3 is 10.1 Å². The maximum atomic E-state index is 9.09. The van der Waals surface area contributed by atoms with E-state index in [4.69, 9.17) is 10.00 Å². The van der Waals surface area contributed by atoms with Gasteiger partial charge in [-0.05, 0) is 41.8 Å². The summed E-state index contributed by atoms with van der Waals surface area (Å²) in [6.07, 6.45) is 0.818. The van der Waals surface area contributed by atoms with Crippen LogP contribution >= 0.6 is 0 Å². The fourth-order valence-corrected chi connectivity index (χ4v) is 2.83. The van der Waals surface area contributed by atoms with Crippen molar-refractivity contribution in [2.75, 3.05) is 6.54 Å². The number of ether oxygens (including phenoxy) is 1. The molecule has 0 aliphatic carbocycles. The van der Waals surface area contributed by atoms with Gasteiger partial charge in [0.2, 0.25) is 0 Å². The Morgan fingerprint density at radius 1 is 0.862 bits per heavy atom. The lowest BCUT2D eigenvalue weighted by Crippen LogP contribution is -2.11. The molecule has 0 fully saturated rings. The summed E-state index contributed by atoms with van der Waals surface area (Å²) in [5.41, 5.74) is 3.51. The molecule has 3 heteroatoms. The maximum absolute atomic E-state index is 9.09. The van der Waals surface area contributed by atoms with E-state index < -0.39 is 0 Å². The van der Waals surface area contributed by atoms with Crippen LogP contribution in [0.2, 0.25) is 0 Å². The summed E-state index contributed by atoms with van der Waals surface area (Å²) in [6, 6.07) is 30.6. The van der Waals surface area contributed by atoms with Crippen LogP contribution in [0.1, 0.15) is 42.9 Å². The standard InChI is InChI=1S/C17H17NO.C9H13N/c1-2-15(12-18)16-9-6-10-17(11-16)19-13-14-7-4-3-5-8-14;1-2-10-8-9-6-4-3-5-7-9/h3-11,15H,2,13H2,1H3;3-7,10H,2,8H2,1H3. The molecule has 0 aliphatic heterocycles. The Balaban J connectivity index is 0.000000253. The maximum Gasteiger partial charge on any atom is 0.120 e. The normalized spacial score (nSPS) is 10.9. The topological polar surface area (TPSA) is 45.0 Å². The average molecular weight is 387 g/mol. The molecule has 0 amide bonds. The molecule has 1 atom stereocenters. The Morgan fingerprint density at radius 2 is 1.52 bits per heavy atom. The number of hydrogen-bond acceptors (Lipinski definition) is 3. The SMILES string of the molecule is CCC(C#N)c1cccc(OCc2ccccc2)c1.CCNCc1ccccc1. The zero-order chi connectivity index (χ0) is 20.7. The molecule has 29 heavy (non-hydrogen) atoms. The predicted octanol–water partition coefficient (Wildman–Crippen LogP) is 6.08. The molecule has 3 aromatic carbocycles. The fourth-order valence-electron chi connectivity index (χ4n) is 2.83. The smallest absolute Gasteiger partial charge is 0.120 e. The van der Waals surface area contributed by atoms with Crippen LogP contribution < -0.4 is 10.1 Å². The highest BCUT2D eigenvalue weighted by molar-refractivity contribution is 5.33. The fraction of sp³-hybridized carbons (Fsp3) is 0.269. The van der Waals surface area contributed by atoms with Gasteiger partial charge in [-0.15, -0.1) is 0 Å². The molecule has 1 unspecified atom stereocenters. The zero-order valence-corrected chi connectivity index (χ0v) is 17.3. The van der Waals surface area contributed by atoms with E-state index in [0.29, 0.717) is 6.61 Å². The summed E-state index contributed by atoms with van der Waals surface area (Å²) in [5.74, 6) is 0.760. The van der Waals surface area contributed by atoms with E-state index >= 15 is 0 Å². The van der Waals surface area contributed by atoms with Crippen LogP contribution in [-0.2, 0) is 13.2 Å². The van der Waals surface area contributed by atoms with E-state index in [1.54, 1.807) is 0 Å². The van der Waals surface area contributed by atoms with Crippen LogP contribution in [0.3, 0.4) is 0 Å². The number of hydrogen-bond donors (Lipinski definition) is 1. The third-order valence-corrected chi connectivity index (χ3v) is 4.49. The third-order valence-electron chi connectivity index (χ3n) is 4.49. The van der Waals surface area contributed by atoms with E-state index in [0.717, 1.165) is 36.4 Å². The minimum Gasteiger partial charge on any atom is -0.489 e. The second-order valence-corrected chi connectivity index (χ2v) is 6.70. The molecule has 0 aliphatic rings. The minimum atomic E-state index is -0.0553. The number of benzene rings is 3. The van der Waals surface area contributed by atoms with Crippen molar-refractivity contribution in [2.24, 2.45) is 0 Å². The molecule has 0 saturated heterocycles. The molecule has 0 saturated carbocycles. The second-order valence-electron chi connectivity index (χ2n) is 6.70. The van der Waals surface area contributed by atoms with Crippen LogP contribution in [0.15, 0.2) is 84.9 Å². The summed E-state index contributed by atoms with van der Waals surface area (Å²) in [6.45, 7) is 6.70. The van der Waals surface area contributed by atoms with E-state index in [1.165, 1.54) is 5.56 Å². The van der Waals surface area contributed by atoms with Crippen LogP contribution in [-0.4, -0.2) is 6.54 Å². The molecule has 1 N–H and O–H groups in total. The molecular formula is C26H30N2O. The lowest BCUT2D eigenvalue weighted by Gasteiger charge is -2.10. The van der Waals surface area contributed by atoms with Crippen molar-refractivity contribution in [1.29, 1.82) is 5.26 Å². The van der Waals surface area contributed by atoms with Gasteiger partial charge in [0, 0.05) is 6.54 Å². The van der Waals surface area contributed by atoms with Crippen LogP contribution in [0.25, 0.3) is 0 Å². The molecule has 0 heterocycles. The van der Waals surface area contributed by atoms with Crippen molar-refractivity contribution in [3.8, 4) is 11.8 Å². The summed E-state index contributed by atoms with van der Waals surface area (Å²) >= 11 is 0. The quantitative estimate of drug-likeness (QED) is 0.510. The second kappa shape index (κ2) is 13.1. The first-order chi connectivity index (χ1) is 14.3. The van der Waals surface area contributed by atoms with Gasteiger partial charge in [-0.1, -0.05) is 86.6 Å². The van der Waals surface area contributed by atoms with E-state index in [-0.39, 0.29) is 5.92 Å². The summed E-state index contributed by atoms with van der Waals surface area (Å²) in [4.78, 5) is 0. The van der Waals surface area contributed by atoms with E-state index in [2.05, 4.69) is 42.6 Å². The first-order valence-corrected chi connectivity index (χ1v) is 10.2. The van der Waals surface area contributed by atoms with Gasteiger partial charge >= 0.3 is 0 Å². The molecule has 0 aromatic heterocycles. The highest BCUT2D eigenvalue weighted by Gasteiger charge is 2.08. The van der Waals surface area contributed by atoms with Gasteiger partial charge in [0.15, 0.2) is 0 Å². The average Bonchev–Trinajstić information content (AvgIpc) is 2.79. The molecule has 3 aromatic rings. The van der Waals surface area contributed by atoms with Gasteiger partial charge in [0.1, 0.15) is 12.4 Å². The molecule has 3 rings (SSSR count). The number of nitrogens with zero attached hydrogens (tertiary/aromatic N) is 1. The summed E-state index contributed by atoms with van der Waals surface area (Å²) in [7, 11) is 0. The Bertz CT molecular complexity index is 857. The van der Waals surface area contributed by atoms with Gasteiger partial charge in [0.25, 0.3) is 0 Å². The van der Waals surface area contributed by atoms with Crippen LogP contribution in [0.5, 0.6) is 5.75 Å². The Kier molecular flexibility index (Phi) is 10.1. The molecule has 0 bridgehead atoms. The number of rotatable bonds is 8. The first-order valence-electron chi connectivity index (χ1n) is 10.2. The lowest BCUT2D eigenvalue weighted by atomic mass is 9.98. The summed E-state index contributed by atoms with van der Waals surface area (Å²) < 4.78 is 5.76. The largest absolute Gasteiger partial charge is 0.489 e. The van der Waals surface area contributed by atoms with Gasteiger partial charge in [-0.2, -0.15) is 5.26 Å². The van der Waals surface area contributed by atoms with Gasteiger partial charge in [0.05, 0.1) is 12.0 Å². The molecule has 0 spiro atoms. The van der Waals surface area contributed by atoms with Gasteiger partial charge in [-0.3, -0.25) is 0 Å². The lowest BCUT2D eigenvalue weighted by molar-refractivity contribution is 0.306. The van der Waals surface area contributed by atoms with Crippen LogP contribution in [0.4, 0.5) is 0 Å². The van der Waals surface area contributed by atoms with Crippen molar-refractivity contribution in [3.63, 3.8) is 0 Å². The zero-order valence-electron chi connectivity index (χ0n) is 17.3. The first kappa shape index (κ1) is 22.2. The predicted molar refractivity (Wildman–Crippen MR) is 120 cm³/mol. The molecule has 0 radical (unpaired) electrons. The van der Waals surface area contributed by atoms with Gasteiger partial charge in [-0.25, -0.2) is 0 Å². The van der Waals surface area contributed by atoms with Crippen molar-refractivity contribution < 1.29 is 4.74 Å². The van der Waals surface area contributed by atoms with Crippen molar-refractivity contribution >= 4 is 0 Å². The highest BCUT2D eigenvalue weighted by atomic mass is 16.5.